The Morgan fingerprint density at radius 2 is 2.20 bits per heavy atom. The molecule has 9 heteroatoms. The number of benzene rings is 1. The maximum atomic E-state index is 15.4. The molecule has 0 unspecified atom stereocenters. The van der Waals surface area contributed by atoms with Gasteiger partial charge in [0.2, 0.25) is 5.43 Å². The summed E-state index contributed by atoms with van der Waals surface area (Å²) in [5.74, 6) is -1.73. The van der Waals surface area contributed by atoms with Gasteiger partial charge in [0.05, 0.1) is 24.1 Å². The van der Waals surface area contributed by atoms with Crippen LogP contribution < -0.4 is 20.8 Å². The molecular formula is C21H24FN3O5. The van der Waals surface area contributed by atoms with Crippen molar-refractivity contribution < 1.29 is 23.8 Å². The molecule has 2 atom stereocenters. The summed E-state index contributed by atoms with van der Waals surface area (Å²) in [4.78, 5) is 26.2. The molecule has 2 aromatic rings. The fraction of sp³-hybridized carbons (Fsp3) is 0.524. The average Bonchev–Trinajstić information content (AvgIpc) is 3.36. The topological polar surface area (TPSA) is 107 Å². The van der Waals surface area contributed by atoms with Gasteiger partial charge < -0.3 is 29.8 Å². The number of methoxy groups -OCH3 is 1. The molecule has 2 aliphatic heterocycles. The van der Waals surface area contributed by atoms with E-state index in [4.69, 9.17) is 15.2 Å². The van der Waals surface area contributed by atoms with Gasteiger partial charge in [0.25, 0.3) is 0 Å². The van der Waals surface area contributed by atoms with Gasteiger partial charge in [0.15, 0.2) is 11.6 Å². The fourth-order valence-electron chi connectivity index (χ4n) is 4.94. The predicted molar refractivity (Wildman–Crippen MR) is 108 cm³/mol. The number of halogens is 1. The number of rotatable bonds is 4. The van der Waals surface area contributed by atoms with E-state index in [2.05, 4.69) is 0 Å². The van der Waals surface area contributed by atoms with E-state index >= 15 is 4.39 Å². The zero-order chi connectivity index (χ0) is 21.2. The number of aromatic nitrogens is 1. The van der Waals surface area contributed by atoms with E-state index in [-0.39, 0.29) is 34.5 Å². The summed E-state index contributed by atoms with van der Waals surface area (Å²) in [6, 6.07) is 0.927. The Bertz CT molecular complexity index is 1100. The third-order valence-electron chi connectivity index (χ3n) is 6.57. The highest BCUT2D eigenvalue weighted by Gasteiger charge is 2.49. The zero-order valence-corrected chi connectivity index (χ0v) is 16.7. The molecule has 30 heavy (non-hydrogen) atoms. The Labute approximate surface area is 172 Å². The van der Waals surface area contributed by atoms with Crippen molar-refractivity contribution in [3.63, 3.8) is 0 Å². The van der Waals surface area contributed by atoms with Crippen LogP contribution >= 0.6 is 0 Å². The molecule has 1 aromatic heterocycles. The summed E-state index contributed by atoms with van der Waals surface area (Å²) in [5.41, 5.74) is 5.45. The van der Waals surface area contributed by atoms with Gasteiger partial charge in [-0.15, -0.1) is 0 Å². The Morgan fingerprint density at radius 3 is 2.80 bits per heavy atom. The fourth-order valence-corrected chi connectivity index (χ4v) is 4.94. The molecule has 160 valence electrons. The van der Waals surface area contributed by atoms with Crippen LogP contribution in [0.25, 0.3) is 10.9 Å². The monoisotopic (exact) mass is 417 g/mol. The maximum Gasteiger partial charge on any atom is 0.341 e. The number of ether oxygens (including phenoxy) is 2. The van der Waals surface area contributed by atoms with Crippen LogP contribution in [0.15, 0.2) is 17.1 Å². The highest BCUT2D eigenvalue weighted by molar-refractivity contribution is 5.97. The Morgan fingerprint density at radius 1 is 1.43 bits per heavy atom. The number of aromatic carboxylic acids is 1. The quantitative estimate of drug-likeness (QED) is 0.782. The van der Waals surface area contributed by atoms with Crippen LogP contribution in [0.2, 0.25) is 0 Å². The minimum absolute atomic E-state index is 0.00947. The van der Waals surface area contributed by atoms with E-state index in [1.165, 1.54) is 13.3 Å². The lowest BCUT2D eigenvalue weighted by Crippen LogP contribution is -2.46. The molecule has 2 saturated heterocycles. The second-order valence-electron chi connectivity index (χ2n) is 8.46. The predicted octanol–water partition coefficient (Wildman–Crippen LogP) is 1.88. The number of anilines is 1. The molecule has 3 fully saturated rings. The van der Waals surface area contributed by atoms with Gasteiger partial charge in [-0.05, 0) is 31.7 Å². The molecule has 1 aliphatic carbocycles. The summed E-state index contributed by atoms with van der Waals surface area (Å²) in [6.07, 6.45) is 4.80. The lowest BCUT2D eigenvalue weighted by Gasteiger charge is -2.27. The van der Waals surface area contributed by atoms with E-state index in [9.17, 15) is 14.7 Å². The van der Waals surface area contributed by atoms with Crippen molar-refractivity contribution in [2.45, 2.75) is 43.4 Å². The Balaban J connectivity index is 1.74. The number of hydrogen-bond donors (Lipinski definition) is 2. The summed E-state index contributed by atoms with van der Waals surface area (Å²) < 4.78 is 28.7. The number of fused-ring (bicyclic) bond motifs is 1. The number of nitrogens with zero attached hydrogens (tertiary/aromatic N) is 2. The van der Waals surface area contributed by atoms with Crippen LogP contribution in [0.1, 0.15) is 42.1 Å². The smallest absolute Gasteiger partial charge is 0.341 e. The Hall–Kier alpha value is -2.65. The average molecular weight is 417 g/mol. The number of hydrogen-bond acceptors (Lipinski definition) is 6. The minimum Gasteiger partial charge on any atom is -0.492 e. The number of carboxylic acids is 1. The van der Waals surface area contributed by atoms with E-state index < -0.39 is 22.8 Å². The summed E-state index contributed by atoms with van der Waals surface area (Å²) in [6.45, 7) is 1.48. The first kappa shape index (κ1) is 19.3. The van der Waals surface area contributed by atoms with Crippen molar-refractivity contribution in [2.24, 2.45) is 5.73 Å². The molecule has 3 heterocycles. The van der Waals surface area contributed by atoms with E-state index in [1.807, 2.05) is 4.90 Å². The van der Waals surface area contributed by atoms with E-state index in [1.54, 1.807) is 4.57 Å². The van der Waals surface area contributed by atoms with Crippen LogP contribution in [0.3, 0.4) is 0 Å². The largest absolute Gasteiger partial charge is 0.492 e. The zero-order valence-electron chi connectivity index (χ0n) is 16.7. The highest BCUT2D eigenvalue weighted by Crippen LogP contribution is 2.46. The standard InChI is InChI=1S/C21H24FN3O5/c1-29-19-16-12(18(26)13(20(27)28)8-25(16)11-3-4-11)7-14(22)17(19)24-9-15(23)21(10-24)5-2-6-30-21/h7-8,11,15H,2-6,9-10,23H2,1H3,(H,27,28)/t15-,21-/m1/s1. The summed E-state index contributed by atoms with van der Waals surface area (Å²) >= 11 is 0. The molecule has 5 rings (SSSR count). The lowest BCUT2D eigenvalue weighted by molar-refractivity contribution is 0.0108. The van der Waals surface area contributed by atoms with Crippen molar-refractivity contribution >= 4 is 22.6 Å². The molecule has 1 saturated carbocycles. The van der Waals surface area contributed by atoms with Gasteiger partial charge in [-0.1, -0.05) is 0 Å². The molecular weight excluding hydrogens is 393 g/mol. The SMILES string of the molecule is COc1c(N2C[C@@H](N)[C@@]3(CCCO3)C2)c(F)cc2c(=O)c(C(=O)O)cn(C3CC3)c12. The normalized spacial score (nSPS) is 26.1. The van der Waals surface area contributed by atoms with Crippen LogP contribution in [-0.4, -0.2) is 54.1 Å². The van der Waals surface area contributed by atoms with Gasteiger partial charge in [-0.2, -0.15) is 0 Å². The summed E-state index contributed by atoms with van der Waals surface area (Å²) in [7, 11) is 1.43. The first-order chi connectivity index (χ1) is 14.4. The van der Waals surface area contributed by atoms with Crippen LogP contribution in [0.5, 0.6) is 5.75 Å². The second-order valence-corrected chi connectivity index (χ2v) is 8.46. The molecule has 1 aromatic carbocycles. The minimum atomic E-state index is -1.33. The lowest BCUT2D eigenvalue weighted by atomic mass is 9.95. The molecule has 3 aliphatic rings. The van der Waals surface area contributed by atoms with Crippen molar-refractivity contribution in [2.75, 3.05) is 31.7 Å². The molecule has 0 amide bonds. The molecule has 0 bridgehead atoms. The second kappa shape index (κ2) is 6.68. The van der Waals surface area contributed by atoms with E-state index in [0.29, 0.717) is 25.2 Å². The van der Waals surface area contributed by atoms with Crippen LogP contribution in [-0.2, 0) is 4.74 Å². The van der Waals surface area contributed by atoms with Gasteiger partial charge in [0, 0.05) is 31.9 Å². The third kappa shape index (κ3) is 2.72. The van der Waals surface area contributed by atoms with Crippen LogP contribution in [0.4, 0.5) is 10.1 Å². The van der Waals surface area contributed by atoms with Crippen molar-refractivity contribution in [3.8, 4) is 5.75 Å². The molecule has 0 radical (unpaired) electrons. The van der Waals surface area contributed by atoms with E-state index in [0.717, 1.165) is 31.7 Å². The number of carbonyl (C=O) groups is 1. The van der Waals surface area contributed by atoms with Gasteiger partial charge in [0.1, 0.15) is 16.9 Å². The van der Waals surface area contributed by atoms with Gasteiger partial charge in [-0.3, -0.25) is 4.79 Å². The molecule has 3 N–H and O–H groups in total. The summed E-state index contributed by atoms with van der Waals surface area (Å²) in [5, 5.41) is 9.46. The number of pyridine rings is 1. The van der Waals surface area contributed by atoms with Gasteiger partial charge in [-0.25, -0.2) is 9.18 Å². The number of carboxylic acid groups (broad SMARTS) is 1. The third-order valence-corrected chi connectivity index (χ3v) is 6.57. The van der Waals surface area contributed by atoms with Gasteiger partial charge >= 0.3 is 5.97 Å². The molecule has 1 spiro atoms. The molecule has 8 nitrogen and oxygen atoms in total. The maximum absolute atomic E-state index is 15.4. The highest BCUT2D eigenvalue weighted by atomic mass is 19.1. The van der Waals surface area contributed by atoms with Crippen molar-refractivity contribution in [1.29, 1.82) is 0 Å². The van der Waals surface area contributed by atoms with Crippen molar-refractivity contribution in [1.82, 2.24) is 4.57 Å². The number of nitrogens with two attached hydrogens (primary N) is 1. The van der Waals surface area contributed by atoms with Crippen molar-refractivity contribution in [3.05, 3.63) is 33.9 Å². The van der Waals surface area contributed by atoms with Crippen LogP contribution in [0, 0.1) is 5.82 Å². The first-order valence-corrected chi connectivity index (χ1v) is 10.2. The Kier molecular flexibility index (Phi) is 4.30. The first-order valence-electron chi connectivity index (χ1n) is 10.2.